The number of ether oxygens (including phenoxy) is 1. The van der Waals surface area contributed by atoms with Crippen molar-refractivity contribution < 1.29 is 19.4 Å². The van der Waals surface area contributed by atoms with E-state index in [1.54, 1.807) is 17.9 Å². The number of hydrogen-bond acceptors (Lipinski definition) is 4. The van der Waals surface area contributed by atoms with Crippen LogP contribution in [0.4, 0.5) is 4.79 Å². The van der Waals surface area contributed by atoms with Crippen molar-refractivity contribution in [1.29, 1.82) is 0 Å². The summed E-state index contributed by atoms with van der Waals surface area (Å²) in [5.41, 5.74) is 0.933. The van der Waals surface area contributed by atoms with Gasteiger partial charge in [0.2, 0.25) is 0 Å². The summed E-state index contributed by atoms with van der Waals surface area (Å²) in [6.07, 6.45) is 3.53. The number of carboxylic acids is 1. The summed E-state index contributed by atoms with van der Waals surface area (Å²) in [6, 6.07) is -0.247. The molecule has 2 N–H and O–H groups in total. The number of urea groups is 1. The van der Waals surface area contributed by atoms with E-state index in [0.29, 0.717) is 6.54 Å². The highest BCUT2D eigenvalue weighted by atomic mass is 16.5. The smallest absolute Gasteiger partial charge is 0.329 e. The van der Waals surface area contributed by atoms with E-state index in [2.05, 4.69) is 10.4 Å². The Bertz CT molecular complexity index is 432. The van der Waals surface area contributed by atoms with Gasteiger partial charge >= 0.3 is 12.0 Å². The van der Waals surface area contributed by atoms with Crippen LogP contribution in [-0.4, -0.2) is 58.6 Å². The molecule has 2 amide bonds. The van der Waals surface area contributed by atoms with Crippen molar-refractivity contribution >= 4 is 12.0 Å². The summed E-state index contributed by atoms with van der Waals surface area (Å²) in [5, 5.41) is 15.0. The molecule has 0 radical (unpaired) electrons. The second-order valence-corrected chi connectivity index (χ2v) is 4.06. The number of hydrogen-bond donors (Lipinski definition) is 2. The summed E-state index contributed by atoms with van der Waals surface area (Å²) in [6.45, 7) is 0.527. The number of rotatable bonds is 7. The number of carboxylic acid groups (broad SMARTS) is 1. The molecule has 0 aliphatic rings. The number of carbonyl (C=O) groups excluding carboxylic acids is 1. The maximum Gasteiger partial charge on any atom is 0.329 e. The van der Waals surface area contributed by atoms with Crippen LogP contribution in [0, 0.1) is 0 Å². The van der Waals surface area contributed by atoms with E-state index < -0.39 is 5.97 Å². The molecule has 0 aromatic carbocycles. The van der Waals surface area contributed by atoms with Crippen molar-refractivity contribution in [2.75, 3.05) is 26.8 Å². The summed E-state index contributed by atoms with van der Waals surface area (Å²) in [7, 11) is 3.48. The van der Waals surface area contributed by atoms with E-state index >= 15 is 0 Å². The zero-order valence-corrected chi connectivity index (χ0v) is 11.0. The Morgan fingerprint density at radius 2 is 2.32 bits per heavy atom. The van der Waals surface area contributed by atoms with E-state index in [-0.39, 0.29) is 25.8 Å². The van der Waals surface area contributed by atoms with E-state index in [4.69, 9.17) is 9.84 Å². The second-order valence-electron chi connectivity index (χ2n) is 4.06. The number of aryl methyl sites for hydroxylation is 1. The van der Waals surface area contributed by atoms with Crippen molar-refractivity contribution in [2.24, 2.45) is 7.05 Å². The van der Waals surface area contributed by atoms with Crippen LogP contribution in [0.25, 0.3) is 0 Å². The number of amides is 2. The Hall–Kier alpha value is -2.09. The van der Waals surface area contributed by atoms with Gasteiger partial charge in [-0.2, -0.15) is 5.10 Å². The van der Waals surface area contributed by atoms with Crippen molar-refractivity contribution in [1.82, 2.24) is 20.0 Å². The Morgan fingerprint density at radius 1 is 1.58 bits per heavy atom. The molecule has 1 aromatic heterocycles. The summed E-state index contributed by atoms with van der Waals surface area (Å²) in [5.74, 6) is -1.03. The monoisotopic (exact) mass is 270 g/mol. The fraction of sp³-hybridized carbons (Fsp3) is 0.545. The predicted octanol–water partition coefficient (Wildman–Crippen LogP) is -0.337. The van der Waals surface area contributed by atoms with Crippen LogP contribution < -0.4 is 5.32 Å². The zero-order valence-electron chi connectivity index (χ0n) is 11.0. The van der Waals surface area contributed by atoms with Crippen LogP contribution in [0.1, 0.15) is 5.56 Å². The Morgan fingerprint density at radius 3 is 2.89 bits per heavy atom. The molecule has 8 nitrogen and oxygen atoms in total. The lowest BCUT2D eigenvalue weighted by molar-refractivity contribution is -0.142. The van der Waals surface area contributed by atoms with Gasteiger partial charge in [0.15, 0.2) is 0 Å². The van der Waals surface area contributed by atoms with Crippen LogP contribution in [0.5, 0.6) is 0 Å². The molecule has 0 atom stereocenters. The molecule has 0 unspecified atom stereocenters. The van der Waals surface area contributed by atoms with Gasteiger partial charge in [-0.15, -0.1) is 0 Å². The maximum absolute atomic E-state index is 11.7. The normalized spacial score (nSPS) is 10.2. The Kier molecular flexibility index (Phi) is 5.80. The molecule has 8 heteroatoms. The third-order valence-electron chi connectivity index (χ3n) is 2.27. The number of carbonyl (C=O) groups is 2. The predicted molar refractivity (Wildman–Crippen MR) is 66.5 cm³/mol. The quantitative estimate of drug-likeness (QED) is 0.661. The highest BCUT2D eigenvalue weighted by Gasteiger charge is 2.09. The highest BCUT2D eigenvalue weighted by molar-refractivity contribution is 5.73. The first-order chi connectivity index (χ1) is 8.99. The molecule has 106 valence electrons. The van der Waals surface area contributed by atoms with Gasteiger partial charge in [-0.1, -0.05) is 0 Å². The van der Waals surface area contributed by atoms with Gasteiger partial charge in [-0.25, -0.2) is 9.59 Å². The van der Waals surface area contributed by atoms with E-state index in [1.165, 1.54) is 4.90 Å². The number of aliphatic carboxylic acids is 1. The molecule has 1 rings (SSSR count). The van der Waals surface area contributed by atoms with Crippen LogP contribution in [0.15, 0.2) is 12.4 Å². The van der Waals surface area contributed by atoms with E-state index in [1.807, 2.05) is 13.2 Å². The Balaban J connectivity index is 2.20. The number of aromatic nitrogens is 2. The minimum atomic E-state index is -1.03. The molecule has 0 fully saturated rings. The lowest BCUT2D eigenvalue weighted by Crippen LogP contribution is -2.38. The largest absolute Gasteiger partial charge is 0.480 e. The SMILES string of the molecule is CN(Cc1cnn(C)c1)C(=O)NCCOCC(=O)O. The van der Waals surface area contributed by atoms with Crippen molar-refractivity contribution in [3.05, 3.63) is 18.0 Å². The zero-order chi connectivity index (χ0) is 14.3. The molecule has 1 aromatic rings. The average molecular weight is 270 g/mol. The first-order valence-electron chi connectivity index (χ1n) is 5.75. The minimum Gasteiger partial charge on any atom is -0.480 e. The van der Waals surface area contributed by atoms with Gasteiger partial charge in [0.1, 0.15) is 6.61 Å². The van der Waals surface area contributed by atoms with Gasteiger partial charge < -0.3 is 20.1 Å². The summed E-state index contributed by atoms with van der Waals surface area (Å²) >= 11 is 0. The third-order valence-corrected chi connectivity index (χ3v) is 2.27. The van der Waals surface area contributed by atoms with Crippen LogP contribution in [0.2, 0.25) is 0 Å². The lowest BCUT2D eigenvalue weighted by atomic mass is 10.3. The summed E-state index contributed by atoms with van der Waals surface area (Å²) < 4.78 is 6.47. The van der Waals surface area contributed by atoms with Gasteiger partial charge in [0, 0.05) is 32.4 Å². The fourth-order valence-corrected chi connectivity index (χ4v) is 1.42. The van der Waals surface area contributed by atoms with Crippen molar-refractivity contribution in [3.63, 3.8) is 0 Å². The average Bonchev–Trinajstić information content (AvgIpc) is 2.73. The second kappa shape index (κ2) is 7.37. The van der Waals surface area contributed by atoms with E-state index in [9.17, 15) is 9.59 Å². The van der Waals surface area contributed by atoms with Gasteiger partial charge in [0.25, 0.3) is 0 Å². The number of nitrogens with one attached hydrogen (secondary N) is 1. The first kappa shape index (κ1) is 15.0. The molecular weight excluding hydrogens is 252 g/mol. The molecule has 1 heterocycles. The minimum absolute atomic E-state index is 0.165. The van der Waals surface area contributed by atoms with Crippen LogP contribution >= 0.6 is 0 Å². The fourth-order valence-electron chi connectivity index (χ4n) is 1.42. The van der Waals surface area contributed by atoms with Gasteiger partial charge in [0.05, 0.1) is 19.3 Å². The molecule has 0 spiro atoms. The third kappa shape index (κ3) is 5.87. The van der Waals surface area contributed by atoms with Crippen LogP contribution in [0.3, 0.4) is 0 Å². The summed E-state index contributed by atoms with van der Waals surface area (Å²) in [4.78, 5) is 23.4. The standard InChI is InChI=1S/C11H18N4O4/c1-14(6-9-5-13-15(2)7-9)11(18)12-3-4-19-8-10(16)17/h5,7H,3-4,6,8H2,1-2H3,(H,12,18)(H,16,17). The maximum atomic E-state index is 11.7. The molecule has 0 saturated carbocycles. The topological polar surface area (TPSA) is 96.7 Å². The molecule has 19 heavy (non-hydrogen) atoms. The van der Waals surface area contributed by atoms with Crippen LogP contribution in [-0.2, 0) is 23.1 Å². The van der Waals surface area contributed by atoms with Gasteiger partial charge in [-0.3, -0.25) is 4.68 Å². The first-order valence-corrected chi connectivity index (χ1v) is 5.75. The molecule has 0 aliphatic heterocycles. The van der Waals surface area contributed by atoms with E-state index in [0.717, 1.165) is 5.56 Å². The van der Waals surface area contributed by atoms with Gasteiger partial charge in [-0.05, 0) is 0 Å². The highest BCUT2D eigenvalue weighted by Crippen LogP contribution is 2.00. The van der Waals surface area contributed by atoms with Crippen molar-refractivity contribution in [2.45, 2.75) is 6.54 Å². The molecule has 0 bridgehead atoms. The van der Waals surface area contributed by atoms with Crippen molar-refractivity contribution in [3.8, 4) is 0 Å². The lowest BCUT2D eigenvalue weighted by Gasteiger charge is -2.16. The Labute approximate surface area is 110 Å². The molecule has 0 saturated heterocycles. The number of nitrogens with zero attached hydrogens (tertiary/aromatic N) is 3. The molecular formula is C11H18N4O4. The molecule has 0 aliphatic carbocycles.